The Morgan fingerprint density at radius 1 is 1.28 bits per heavy atom. The van der Waals surface area contributed by atoms with Gasteiger partial charge in [-0.3, -0.25) is 4.79 Å². The third-order valence-corrected chi connectivity index (χ3v) is 6.21. The second-order valence-electron chi connectivity index (χ2n) is 6.32. The average molecular weight is 363 g/mol. The summed E-state index contributed by atoms with van der Waals surface area (Å²) >= 11 is 0. The predicted octanol–water partition coefficient (Wildman–Crippen LogP) is 2.64. The minimum atomic E-state index is -3.39. The van der Waals surface area contributed by atoms with Crippen molar-refractivity contribution in [2.75, 3.05) is 12.4 Å². The average Bonchev–Trinajstić information content (AvgIpc) is 3.42. The molecule has 2 N–H and O–H groups in total. The zero-order chi connectivity index (χ0) is 18.2. The number of H-pyrrole nitrogens is 1. The second-order valence-corrected chi connectivity index (χ2v) is 8.60. The first-order valence-electron chi connectivity index (χ1n) is 8.24. The third kappa shape index (κ3) is 3.56. The minimum Gasteiger partial charge on any atom is -0.503 e. The molecule has 7 heteroatoms. The zero-order valence-electron chi connectivity index (χ0n) is 14.2. The molecule has 0 bridgehead atoms. The number of rotatable bonds is 6. The largest absolute Gasteiger partial charge is 0.503 e. The van der Waals surface area contributed by atoms with Crippen LogP contribution in [0.1, 0.15) is 25.3 Å². The monoisotopic (exact) mass is 363 g/mol. The normalized spacial score (nSPS) is 14.5. The van der Waals surface area contributed by atoms with E-state index in [2.05, 4.69) is 4.98 Å². The van der Waals surface area contributed by atoms with Crippen molar-refractivity contribution < 1.29 is 18.3 Å². The van der Waals surface area contributed by atoms with Crippen LogP contribution in [0.3, 0.4) is 0 Å². The molecule has 0 saturated heterocycles. The zero-order valence-corrected chi connectivity index (χ0v) is 15.0. The fraction of sp³-hybridized carbons (Fsp3) is 0.389. The third-order valence-electron chi connectivity index (χ3n) is 4.47. The standard InChI is InChI=1S/C18H21NO5S/c1-3-25(22,23)13-6-7-16(24-10-12-4-5-12)14(8-13)15-9-19-18(21)17(20)11(15)2/h6-9,12,20H,3-5,10H2,1-2H3,(H,19,21). The molecule has 0 aliphatic heterocycles. The molecule has 0 amide bonds. The van der Waals surface area contributed by atoms with Gasteiger partial charge in [-0.05, 0) is 43.9 Å². The van der Waals surface area contributed by atoms with Crippen LogP contribution < -0.4 is 10.3 Å². The van der Waals surface area contributed by atoms with E-state index in [1.807, 2.05) is 0 Å². The highest BCUT2D eigenvalue weighted by Gasteiger charge is 2.24. The van der Waals surface area contributed by atoms with E-state index in [1.54, 1.807) is 26.0 Å². The van der Waals surface area contributed by atoms with Crippen molar-refractivity contribution in [2.45, 2.75) is 31.6 Å². The van der Waals surface area contributed by atoms with Crippen LogP contribution in [0.2, 0.25) is 0 Å². The highest BCUT2D eigenvalue weighted by Crippen LogP contribution is 2.37. The summed E-state index contributed by atoms with van der Waals surface area (Å²) in [5.74, 6) is 0.688. The number of benzene rings is 1. The van der Waals surface area contributed by atoms with Gasteiger partial charge in [-0.1, -0.05) is 6.92 Å². The number of hydrogen-bond acceptors (Lipinski definition) is 5. The number of pyridine rings is 1. The van der Waals surface area contributed by atoms with E-state index in [0.717, 1.165) is 12.8 Å². The van der Waals surface area contributed by atoms with Crippen LogP contribution in [-0.2, 0) is 9.84 Å². The van der Waals surface area contributed by atoms with E-state index < -0.39 is 15.4 Å². The van der Waals surface area contributed by atoms with Gasteiger partial charge in [0.25, 0.3) is 5.56 Å². The first-order valence-corrected chi connectivity index (χ1v) is 9.90. The van der Waals surface area contributed by atoms with Gasteiger partial charge in [0.15, 0.2) is 15.6 Å². The molecule has 6 nitrogen and oxygen atoms in total. The summed E-state index contributed by atoms with van der Waals surface area (Å²) < 4.78 is 30.3. The first kappa shape index (κ1) is 17.5. The number of ether oxygens (including phenoxy) is 1. The molecule has 2 aromatic rings. The number of sulfone groups is 1. The molecule has 0 radical (unpaired) electrons. The fourth-order valence-electron chi connectivity index (χ4n) is 2.59. The van der Waals surface area contributed by atoms with Crippen LogP contribution in [0.25, 0.3) is 11.1 Å². The van der Waals surface area contributed by atoms with Crippen molar-refractivity contribution in [1.82, 2.24) is 4.98 Å². The van der Waals surface area contributed by atoms with Gasteiger partial charge >= 0.3 is 0 Å². The van der Waals surface area contributed by atoms with Gasteiger partial charge in [0.2, 0.25) is 0 Å². The van der Waals surface area contributed by atoms with Crippen LogP contribution in [0.5, 0.6) is 11.5 Å². The van der Waals surface area contributed by atoms with Crippen molar-refractivity contribution in [3.63, 3.8) is 0 Å². The van der Waals surface area contributed by atoms with Crippen molar-refractivity contribution in [3.05, 3.63) is 40.3 Å². The molecule has 134 valence electrons. The Hall–Kier alpha value is -2.28. The van der Waals surface area contributed by atoms with Crippen LogP contribution in [0.4, 0.5) is 0 Å². The summed E-state index contributed by atoms with van der Waals surface area (Å²) in [6.07, 6.45) is 3.74. The Balaban J connectivity index is 2.14. The number of aromatic amines is 1. The second kappa shape index (κ2) is 6.55. The van der Waals surface area contributed by atoms with Crippen LogP contribution >= 0.6 is 0 Å². The van der Waals surface area contributed by atoms with Crippen molar-refractivity contribution in [2.24, 2.45) is 5.92 Å². The molecule has 25 heavy (non-hydrogen) atoms. The van der Waals surface area contributed by atoms with E-state index in [-0.39, 0.29) is 16.4 Å². The molecule has 3 rings (SSSR count). The lowest BCUT2D eigenvalue weighted by Crippen LogP contribution is -2.09. The Kier molecular flexibility index (Phi) is 4.60. The van der Waals surface area contributed by atoms with Crippen LogP contribution in [0, 0.1) is 12.8 Å². The summed E-state index contributed by atoms with van der Waals surface area (Å²) in [5, 5.41) is 9.94. The molecule has 0 atom stereocenters. The SMILES string of the molecule is CCS(=O)(=O)c1ccc(OCC2CC2)c(-c2c[nH]c(=O)c(O)c2C)c1. The summed E-state index contributed by atoms with van der Waals surface area (Å²) in [5.41, 5.74) is 0.875. The van der Waals surface area contributed by atoms with Crippen LogP contribution in [-0.4, -0.2) is 30.9 Å². The number of aromatic nitrogens is 1. The van der Waals surface area contributed by atoms with E-state index in [9.17, 15) is 18.3 Å². The summed E-state index contributed by atoms with van der Waals surface area (Å²) in [6, 6.07) is 4.72. The molecule has 1 saturated carbocycles. The van der Waals surface area contributed by atoms with Crippen molar-refractivity contribution >= 4 is 9.84 Å². The van der Waals surface area contributed by atoms with Gasteiger partial charge in [0.1, 0.15) is 5.75 Å². The lowest BCUT2D eigenvalue weighted by atomic mass is 10.0. The van der Waals surface area contributed by atoms with Gasteiger partial charge in [0, 0.05) is 22.9 Å². The van der Waals surface area contributed by atoms with Crippen LogP contribution in [0.15, 0.2) is 34.1 Å². The predicted molar refractivity (Wildman–Crippen MR) is 94.8 cm³/mol. The molecule has 1 aliphatic rings. The molecule has 1 aromatic heterocycles. The van der Waals surface area contributed by atoms with Gasteiger partial charge in [-0.2, -0.15) is 0 Å². The van der Waals surface area contributed by atoms with Crippen molar-refractivity contribution in [1.29, 1.82) is 0 Å². The smallest absolute Gasteiger partial charge is 0.290 e. The van der Waals surface area contributed by atoms with Gasteiger partial charge in [-0.25, -0.2) is 8.42 Å². The number of aromatic hydroxyl groups is 1. The first-order chi connectivity index (χ1) is 11.8. The lowest BCUT2D eigenvalue weighted by molar-refractivity contribution is 0.301. The molecule has 1 aromatic carbocycles. The topological polar surface area (TPSA) is 96.5 Å². The summed E-state index contributed by atoms with van der Waals surface area (Å²) in [7, 11) is -3.39. The highest BCUT2D eigenvalue weighted by molar-refractivity contribution is 7.91. The summed E-state index contributed by atoms with van der Waals surface area (Å²) in [4.78, 5) is 14.2. The van der Waals surface area contributed by atoms with E-state index in [1.165, 1.54) is 12.3 Å². The molecular weight excluding hydrogens is 342 g/mol. The maximum absolute atomic E-state index is 12.2. The Morgan fingerprint density at radius 2 is 2.00 bits per heavy atom. The highest BCUT2D eigenvalue weighted by atomic mass is 32.2. The summed E-state index contributed by atoms with van der Waals surface area (Å²) in [6.45, 7) is 3.77. The Morgan fingerprint density at radius 3 is 2.64 bits per heavy atom. The maximum atomic E-state index is 12.2. The molecule has 0 unspecified atom stereocenters. The maximum Gasteiger partial charge on any atom is 0.290 e. The van der Waals surface area contributed by atoms with Crippen molar-refractivity contribution in [3.8, 4) is 22.6 Å². The van der Waals surface area contributed by atoms with Gasteiger partial charge < -0.3 is 14.8 Å². The molecule has 1 aliphatic carbocycles. The van der Waals surface area contributed by atoms with Gasteiger partial charge in [-0.15, -0.1) is 0 Å². The molecule has 1 fully saturated rings. The van der Waals surface area contributed by atoms with Gasteiger partial charge in [0.05, 0.1) is 17.3 Å². The minimum absolute atomic E-state index is 0.00935. The molecule has 0 spiro atoms. The fourth-order valence-corrected chi connectivity index (χ4v) is 3.50. The number of nitrogens with one attached hydrogen (secondary N) is 1. The lowest BCUT2D eigenvalue weighted by Gasteiger charge is -2.15. The Labute approximate surface area is 146 Å². The molecule has 1 heterocycles. The quantitative estimate of drug-likeness (QED) is 0.822. The van der Waals surface area contributed by atoms with E-state index in [4.69, 9.17) is 4.74 Å². The Bertz CT molecular complexity index is 958. The van der Waals surface area contributed by atoms with E-state index >= 15 is 0 Å². The van der Waals surface area contributed by atoms with E-state index in [0.29, 0.717) is 35.0 Å². The molecular formula is C18H21NO5S. The number of hydrogen-bond donors (Lipinski definition) is 2.